The van der Waals surface area contributed by atoms with Crippen LogP contribution in [0, 0.1) is 29.5 Å². The monoisotopic (exact) mass is 529 g/mol. The third-order valence-corrected chi connectivity index (χ3v) is 8.91. The lowest BCUT2D eigenvalue weighted by atomic mass is 9.52. The van der Waals surface area contributed by atoms with Crippen LogP contribution in [0.5, 0.6) is 5.75 Å². The average Bonchev–Trinajstić information content (AvgIpc) is 3.67. The third-order valence-electron chi connectivity index (χ3n) is 8.91. The first-order valence-electron chi connectivity index (χ1n) is 13.0. The van der Waals surface area contributed by atoms with Crippen LogP contribution in [0.1, 0.15) is 47.7 Å². The minimum Gasteiger partial charge on any atom is -0.507 e. The standard InChI is InChI=1S/C27H32FN3O7/c1-4-31(13-5-6-13)10-12-9-16(32)18-14(20(12)28)7-11-8-15-21(30(2)3)23(34)19(26(29)37)25(36)27(15,38)24(35)17(11)22(18)33/h9,11,13,15,17,19,21,32,38H,4-8,10H2,1-3H3,(H2,29,37). The molecule has 1 aromatic carbocycles. The Morgan fingerprint density at radius 3 is 2.39 bits per heavy atom. The van der Waals surface area contributed by atoms with Gasteiger partial charge in [-0.3, -0.25) is 33.8 Å². The van der Waals surface area contributed by atoms with E-state index >= 15 is 4.39 Å². The summed E-state index contributed by atoms with van der Waals surface area (Å²) in [7, 11) is 3.02. The van der Waals surface area contributed by atoms with E-state index in [0.717, 1.165) is 12.8 Å². The molecule has 3 fully saturated rings. The normalized spacial score (nSPS) is 32.9. The average molecular weight is 530 g/mol. The van der Waals surface area contributed by atoms with Crippen LogP contribution >= 0.6 is 0 Å². The highest BCUT2D eigenvalue weighted by Crippen LogP contribution is 2.51. The van der Waals surface area contributed by atoms with E-state index in [1.807, 2.05) is 6.92 Å². The van der Waals surface area contributed by atoms with Crippen molar-refractivity contribution in [2.75, 3.05) is 20.6 Å². The number of ketones is 4. The number of benzene rings is 1. The molecule has 10 nitrogen and oxygen atoms in total. The number of phenols is 1. The van der Waals surface area contributed by atoms with Crippen LogP contribution in [0.2, 0.25) is 0 Å². The molecule has 0 bridgehead atoms. The zero-order valence-electron chi connectivity index (χ0n) is 21.6. The van der Waals surface area contributed by atoms with Gasteiger partial charge in [-0.05, 0) is 58.3 Å². The summed E-state index contributed by atoms with van der Waals surface area (Å²) in [5.41, 5.74) is 2.44. The van der Waals surface area contributed by atoms with E-state index in [9.17, 15) is 34.2 Å². The first kappa shape index (κ1) is 26.6. The fourth-order valence-electron chi connectivity index (χ4n) is 6.98. The van der Waals surface area contributed by atoms with Gasteiger partial charge >= 0.3 is 0 Å². The van der Waals surface area contributed by atoms with Crippen LogP contribution in [0.25, 0.3) is 0 Å². The number of hydrogen-bond acceptors (Lipinski definition) is 9. The Morgan fingerprint density at radius 1 is 1.18 bits per heavy atom. The fourth-order valence-corrected chi connectivity index (χ4v) is 6.98. The number of amides is 1. The van der Waals surface area contributed by atoms with Crippen molar-refractivity contribution in [3.63, 3.8) is 0 Å². The molecule has 1 amide bonds. The zero-order valence-corrected chi connectivity index (χ0v) is 21.6. The van der Waals surface area contributed by atoms with Gasteiger partial charge < -0.3 is 15.9 Å². The van der Waals surface area contributed by atoms with Crippen molar-refractivity contribution < 1.29 is 38.6 Å². The molecule has 4 aliphatic carbocycles. The SMILES string of the molecule is CCN(Cc1cc(O)c2c(c1F)CC1CC3C(N(C)C)C(=O)C(C(N)=O)C(=O)C3(O)C(=O)C1C2=O)C1CC1. The lowest BCUT2D eigenvalue weighted by Crippen LogP contribution is -2.74. The molecule has 0 aliphatic heterocycles. The molecule has 0 heterocycles. The predicted octanol–water partition coefficient (Wildman–Crippen LogP) is -0.00960. The number of halogens is 1. The zero-order chi connectivity index (χ0) is 27.8. The Balaban J connectivity index is 1.58. The Hall–Kier alpha value is -3.02. The second kappa shape index (κ2) is 9.03. The summed E-state index contributed by atoms with van der Waals surface area (Å²) in [6.45, 7) is 2.92. The van der Waals surface area contributed by atoms with Crippen molar-refractivity contribution in [3.8, 4) is 5.75 Å². The van der Waals surface area contributed by atoms with Crippen molar-refractivity contribution in [1.82, 2.24) is 9.80 Å². The maximum atomic E-state index is 15.8. The van der Waals surface area contributed by atoms with Crippen molar-refractivity contribution >= 4 is 29.0 Å². The van der Waals surface area contributed by atoms with Crippen LogP contribution in [0.4, 0.5) is 4.39 Å². The van der Waals surface area contributed by atoms with Crippen molar-refractivity contribution in [3.05, 3.63) is 28.6 Å². The van der Waals surface area contributed by atoms with Gasteiger partial charge in [0.05, 0.1) is 17.5 Å². The van der Waals surface area contributed by atoms with E-state index in [2.05, 4.69) is 4.90 Å². The summed E-state index contributed by atoms with van der Waals surface area (Å²) in [6.07, 6.45) is 1.83. The first-order chi connectivity index (χ1) is 17.8. The van der Waals surface area contributed by atoms with Gasteiger partial charge in [0, 0.05) is 29.6 Å². The molecule has 0 saturated heterocycles. The summed E-state index contributed by atoms with van der Waals surface area (Å²) >= 11 is 0. The van der Waals surface area contributed by atoms with Crippen LogP contribution in [-0.2, 0) is 32.1 Å². The lowest BCUT2D eigenvalue weighted by molar-refractivity contribution is -0.181. The Morgan fingerprint density at radius 2 is 1.84 bits per heavy atom. The van der Waals surface area contributed by atoms with Gasteiger partial charge in [0.25, 0.3) is 0 Å². The minimum atomic E-state index is -2.79. The molecule has 6 atom stereocenters. The van der Waals surface area contributed by atoms with E-state index in [1.54, 1.807) is 0 Å². The summed E-state index contributed by atoms with van der Waals surface area (Å²) in [5, 5.41) is 22.4. The number of carbonyl (C=O) groups is 5. The number of aliphatic hydroxyl groups is 1. The fraction of sp³-hybridized carbons (Fsp3) is 0.593. The largest absolute Gasteiger partial charge is 0.507 e. The van der Waals surface area contributed by atoms with E-state index in [4.69, 9.17) is 5.73 Å². The number of likely N-dealkylation sites (N-methyl/N-ethyl adjacent to an activating group) is 1. The molecule has 4 aliphatic rings. The molecule has 0 spiro atoms. The maximum absolute atomic E-state index is 15.8. The maximum Gasteiger partial charge on any atom is 0.235 e. The summed E-state index contributed by atoms with van der Waals surface area (Å²) in [4.78, 5) is 69.3. The number of hydrogen-bond donors (Lipinski definition) is 3. The van der Waals surface area contributed by atoms with Crippen molar-refractivity contribution in [1.29, 1.82) is 0 Å². The van der Waals surface area contributed by atoms with E-state index < -0.39 is 75.9 Å². The topological polar surface area (TPSA) is 158 Å². The second-order valence-corrected chi connectivity index (χ2v) is 11.3. The third kappa shape index (κ3) is 3.66. The molecule has 6 unspecified atom stereocenters. The van der Waals surface area contributed by atoms with Gasteiger partial charge in [0.15, 0.2) is 34.7 Å². The van der Waals surface area contributed by atoms with Gasteiger partial charge in [-0.25, -0.2) is 4.39 Å². The molecule has 4 N–H and O–H groups in total. The Labute approximate surface area is 218 Å². The highest BCUT2D eigenvalue weighted by Gasteiger charge is 2.69. The Bertz CT molecular complexity index is 1280. The van der Waals surface area contributed by atoms with Gasteiger partial charge in [0.2, 0.25) is 5.91 Å². The molecule has 38 heavy (non-hydrogen) atoms. The lowest BCUT2D eigenvalue weighted by Gasteiger charge is -2.52. The predicted molar refractivity (Wildman–Crippen MR) is 130 cm³/mol. The molecule has 1 aromatic rings. The molecule has 0 radical (unpaired) electrons. The molecule has 0 aromatic heterocycles. The van der Waals surface area contributed by atoms with E-state index in [0.29, 0.717) is 12.6 Å². The number of carbonyl (C=O) groups excluding carboxylic acids is 5. The molecule has 5 rings (SSSR count). The second-order valence-electron chi connectivity index (χ2n) is 11.3. The smallest absolute Gasteiger partial charge is 0.235 e. The number of nitrogens with two attached hydrogens (primary N) is 1. The van der Waals surface area contributed by atoms with Crippen molar-refractivity contribution in [2.45, 2.75) is 56.8 Å². The van der Waals surface area contributed by atoms with Gasteiger partial charge in [-0.15, -0.1) is 0 Å². The van der Waals surface area contributed by atoms with Crippen LogP contribution in [-0.4, -0.2) is 87.4 Å². The summed E-state index contributed by atoms with van der Waals surface area (Å²) < 4.78 is 15.8. The molecule has 11 heteroatoms. The highest BCUT2D eigenvalue weighted by molar-refractivity contribution is 6.32. The number of Topliss-reactive ketones (excluding diaryl/α,β-unsaturated/α-hetero) is 4. The summed E-state index contributed by atoms with van der Waals surface area (Å²) in [6, 6.07) is 0.362. The molecular formula is C27H32FN3O7. The minimum absolute atomic E-state index is 0.00113. The van der Waals surface area contributed by atoms with Gasteiger partial charge in [0.1, 0.15) is 11.6 Å². The highest BCUT2D eigenvalue weighted by atomic mass is 19.1. The summed E-state index contributed by atoms with van der Waals surface area (Å²) in [5.74, 6) is -12.2. The number of rotatable bonds is 6. The van der Waals surface area contributed by atoms with E-state index in [-0.39, 0.29) is 36.1 Å². The molecule has 204 valence electrons. The van der Waals surface area contributed by atoms with E-state index in [1.165, 1.54) is 25.1 Å². The number of primary amides is 1. The molecule has 3 saturated carbocycles. The quantitative estimate of drug-likeness (QED) is 0.431. The van der Waals surface area contributed by atoms with Crippen LogP contribution < -0.4 is 5.73 Å². The number of fused-ring (bicyclic) bond motifs is 3. The number of phenolic OH excluding ortho intramolecular Hbond substituents is 1. The van der Waals surface area contributed by atoms with Gasteiger partial charge in [-0.2, -0.15) is 0 Å². The number of aromatic hydroxyl groups is 1. The van der Waals surface area contributed by atoms with Crippen molar-refractivity contribution in [2.24, 2.45) is 29.4 Å². The Kier molecular flexibility index (Phi) is 6.32. The molecular weight excluding hydrogens is 497 g/mol. The van der Waals surface area contributed by atoms with Gasteiger partial charge in [-0.1, -0.05) is 6.92 Å². The first-order valence-corrected chi connectivity index (χ1v) is 13.0. The van der Waals surface area contributed by atoms with Crippen LogP contribution in [0.15, 0.2) is 6.07 Å². The number of nitrogens with zero attached hydrogens (tertiary/aromatic N) is 2. The van der Waals surface area contributed by atoms with Crippen LogP contribution in [0.3, 0.4) is 0 Å².